The second-order valence-corrected chi connectivity index (χ2v) is 5.88. The van der Waals surface area contributed by atoms with Crippen LogP contribution in [0.25, 0.3) is 0 Å². The maximum Gasteiger partial charge on any atom is 0.223 e. The molecule has 1 aromatic carbocycles. The van der Waals surface area contributed by atoms with Crippen molar-refractivity contribution < 1.29 is 13.9 Å². The van der Waals surface area contributed by atoms with Gasteiger partial charge in [-0.15, -0.1) is 0 Å². The van der Waals surface area contributed by atoms with Gasteiger partial charge in [0.25, 0.3) is 0 Å². The van der Waals surface area contributed by atoms with E-state index in [9.17, 15) is 9.18 Å². The smallest absolute Gasteiger partial charge is 0.223 e. The van der Waals surface area contributed by atoms with E-state index in [2.05, 4.69) is 10.6 Å². The summed E-state index contributed by atoms with van der Waals surface area (Å²) in [4.78, 5) is 11.4. The number of para-hydroxylation sites is 1. The molecule has 0 spiro atoms. The molecule has 1 rings (SSSR count). The Morgan fingerprint density at radius 2 is 2.05 bits per heavy atom. The molecule has 0 aliphatic carbocycles. The fraction of sp³-hybridized carbons (Fsp3) is 0.562. The van der Waals surface area contributed by atoms with Gasteiger partial charge >= 0.3 is 0 Å². The maximum absolute atomic E-state index is 13.9. The van der Waals surface area contributed by atoms with E-state index in [-0.39, 0.29) is 30.2 Å². The molecular weight excluding hydrogens is 271 g/mol. The molecule has 0 atom stereocenters. The number of rotatable bonds is 7. The number of hydrogen-bond donors (Lipinski definition) is 2. The highest BCUT2D eigenvalue weighted by atomic mass is 19.1. The molecule has 0 aliphatic rings. The van der Waals surface area contributed by atoms with Crippen molar-refractivity contribution in [2.75, 3.05) is 13.2 Å². The number of ether oxygens (including phenoxy) is 1. The molecule has 0 heterocycles. The summed E-state index contributed by atoms with van der Waals surface area (Å²) < 4.78 is 19.4. The molecule has 21 heavy (non-hydrogen) atoms. The van der Waals surface area contributed by atoms with Crippen molar-refractivity contribution in [2.45, 2.75) is 46.2 Å². The third kappa shape index (κ3) is 6.58. The summed E-state index contributed by atoms with van der Waals surface area (Å²) in [6.07, 6.45) is 0.217. The van der Waals surface area contributed by atoms with E-state index in [0.717, 1.165) is 5.56 Å². The first-order valence-corrected chi connectivity index (χ1v) is 7.25. The molecule has 0 bridgehead atoms. The summed E-state index contributed by atoms with van der Waals surface area (Å²) in [7, 11) is 0. The third-order valence-corrected chi connectivity index (χ3v) is 2.81. The van der Waals surface area contributed by atoms with E-state index in [1.807, 2.05) is 33.8 Å². The summed E-state index contributed by atoms with van der Waals surface area (Å²) in [5.41, 5.74) is 0.686. The van der Waals surface area contributed by atoms with Crippen LogP contribution in [-0.2, 0) is 11.3 Å². The second kappa shape index (κ2) is 7.98. The van der Waals surface area contributed by atoms with Crippen LogP contribution in [0.5, 0.6) is 5.75 Å². The van der Waals surface area contributed by atoms with Gasteiger partial charge in [-0.2, -0.15) is 0 Å². The van der Waals surface area contributed by atoms with Gasteiger partial charge in [0.15, 0.2) is 11.6 Å². The molecule has 2 N–H and O–H groups in total. The van der Waals surface area contributed by atoms with Gasteiger partial charge in [-0.3, -0.25) is 4.79 Å². The molecule has 0 saturated heterocycles. The average Bonchev–Trinajstić information content (AvgIpc) is 2.38. The van der Waals surface area contributed by atoms with Gasteiger partial charge in [0, 0.05) is 24.2 Å². The Hall–Kier alpha value is -1.62. The van der Waals surface area contributed by atoms with Crippen LogP contribution < -0.4 is 15.4 Å². The highest BCUT2D eigenvalue weighted by Gasteiger charge is 2.14. The van der Waals surface area contributed by atoms with Gasteiger partial charge in [-0.25, -0.2) is 4.39 Å². The van der Waals surface area contributed by atoms with Crippen LogP contribution in [0, 0.1) is 5.82 Å². The number of carbonyl (C=O) groups excluding carboxylic acids is 1. The molecule has 4 nitrogen and oxygen atoms in total. The zero-order valence-corrected chi connectivity index (χ0v) is 13.3. The number of hydrogen-bond acceptors (Lipinski definition) is 3. The highest BCUT2D eigenvalue weighted by molar-refractivity contribution is 5.75. The lowest BCUT2D eigenvalue weighted by Gasteiger charge is -2.21. The summed E-state index contributed by atoms with van der Waals surface area (Å²) in [5.74, 6) is -0.277. The number of amides is 1. The van der Waals surface area contributed by atoms with E-state index in [1.165, 1.54) is 6.07 Å². The number of nitrogens with one attached hydrogen (secondary N) is 2. The number of halogens is 1. The van der Waals surface area contributed by atoms with Crippen molar-refractivity contribution in [3.63, 3.8) is 0 Å². The van der Waals surface area contributed by atoms with Crippen LogP contribution >= 0.6 is 0 Å². The van der Waals surface area contributed by atoms with Crippen LogP contribution in [0.15, 0.2) is 18.2 Å². The van der Waals surface area contributed by atoms with Crippen LogP contribution in [0.4, 0.5) is 4.39 Å². The normalized spacial score (nSPS) is 11.3. The predicted octanol–water partition coefficient (Wildman–Crippen LogP) is 2.62. The molecule has 1 aromatic rings. The Labute approximate surface area is 126 Å². The summed E-state index contributed by atoms with van der Waals surface area (Å²) in [6, 6.07) is 4.84. The van der Waals surface area contributed by atoms with Crippen LogP contribution in [0.3, 0.4) is 0 Å². The Bertz CT molecular complexity index is 470. The number of benzene rings is 1. The van der Waals surface area contributed by atoms with Crippen molar-refractivity contribution in [2.24, 2.45) is 0 Å². The first kappa shape index (κ1) is 17.4. The molecular formula is C16H25FN2O2. The zero-order chi connectivity index (χ0) is 15.9. The molecule has 118 valence electrons. The van der Waals surface area contributed by atoms with Gasteiger partial charge in [0.2, 0.25) is 5.91 Å². The maximum atomic E-state index is 13.9. The van der Waals surface area contributed by atoms with Gasteiger partial charge in [-0.05, 0) is 33.8 Å². The minimum atomic E-state index is -0.404. The van der Waals surface area contributed by atoms with Crippen molar-refractivity contribution in [1.29, 1.82) is 0 Å². The van der Waals surface area contributed by atoms with Gasteiger partial charge in [-0.1, -0.05) is 12.1 Å². The molecule has 0 aromatic heterocycles. The minimum absolute atomic E-state index is 0.0649. The van der Waals surface area contributed by atoms with Crippen LogP contribution in [0.2, 0.25) is 0 Å². The van der Waals surface area contributed by atoms with E-state index >= 15 is 0 Å². The first-order valence-electron chi connectivity index (χ1n) is 7.25. The average molecular weight is 296 g/mol. The zero-order valence-electron chi connectivity index (χ0n) is 13.3. The Morgan fingerprint density at radius 3 is 2.67 bits per heavy atom. The largest absolute Gasteiger partial charge is 0.490 e. The van der Waals surface area contributed by atoms with Crippen molar-refractivity contribution in [3.8, 4) is 5.75 Å². The highest BCUT2D eigenvalue weighted by Crippen LogP contribution is 2.23. The first-order chi connectivity index (χ1) is 9.83. The minimum Gasteiger partial charge on any atom is -0.490 e. The van der Waals surface area contributed by atoms with Crippen molar-refractivity contribution >= 4 is 5.91 Å². The Balaban J connectivity index is 2.65. The fourth-order valence-corrected chi connectivity index (χ4v) is 1.75. The fourth-order valence-electron chi connectivity index (χ4n) is 1.75. The lowest BCUT2D eigenvalue weighted by Crippen LogP contribution is -2.35. The number of carbonyl (C=O) groups is 1. The third-order valence-electron chi connectivity index (χ3n) is 2.81. The summed E-state index contributed by atoms with van der Waals surface area (Å²) >= 11 is 0. The SMILES string of the molecule is CCNC(=O)CCOc1c(F)cccc1CNC(C)(C)C. The predicted molar refractivity (Wildman–Crippen MR) is 81.8 cm³/mol. The monoisotopic (exact) mass is 296 g/mol. The van der Waals surface area contributed by atoms with Gasteiger partial charge < -0.3 is 15.4 Å². The molecule has 0 fully saturated rings. The van der Waals surface area contributed by atoms with E-state index in [0.29, 0.717) is 13.1 Å². The van der Waals surface area contributed by atoms with Crippen molar-refractivity contribution in [3.05, 3.63) is 29.6 Å². The molecule has 1 amide bonds. The van der Waals surface area contributed by atoms with Gasteiger partial charge in [0.1, 0.15) is 0 Å². The molecule has 5 heteroatoms. The molecule has 0 unspecified atom stereocenters. The van der Waals surface area contributed by atoms with Crippen molar-refractivity contribution in [1.82, 2.24) is 10.6 Å². The topological polar surface area (TPSA) is 50.4 Å². The van der Waals surface area contributed by atoms with Crippen LogP contribution in [-0.4, -0.2) is 24.6 Å². The molecule has 0 radical (unpaired) electrons. The van der Waals surface area contributed by atoms with Crippen LogP contribution in [0.1, 0.15) is 39.7 Å². The molecule has 0 aliphatic heterocycles. The summed E-state index contributed by atoms with van der Waals surface area (Å²) in [6.45, 7) is 9.24. The Morgan fingerprint density at radius 1 is 1.33 bits per heavy atom. The van der Waals surface area contributed by atoms with E-state index in [1.54, 1.807) is 6.07 Å². The second-order valence-electron chi connectivity index (χ2n) is 5.88. The Kier molecular flexibility index (Phi) is 6.62. The molecule has 0 saturated carbocycles. The lowest BCUT2D eigenvalue weighted by molar-refractivity contribution is -0.121. The lowest BCUT2D eigenvalue weighted by atomic mass is 10.1. The van der Waals surface area contributed by atoms with E-state index in [4.69, 9.17) is 4.74 Å². The van der Waals surface area contributed by atoms with E-state index < -0.39 is 5.82 Å². The summed E-state index contributed by atoms with van der Waals surface area (Å²) in [5, 5.41) is 5.98. The quantitative estimate of drug-likeness (QED) is 0.813. The standard InChI is InChI=1S/C16H25FN2O2/c1-5-18-14(20)9-10-21-15-12(7-6-8-13(15)17)11-19-16(2,3)4/h6-8,19H,5,9-11H2,1-4H3,(H,18,20). The van der Waals surface area contributed by atoms with Gasteiger partial charge in [0.05, 0.1) is 13.0 Å².